The number of benzene rings is 2. The van der Waals surface area contributed by atoms with Gasteiger partial charge in [0.25, 0.3) is 0 Å². The van der Waals surface area contributed by atoms with E-state index in [1.807, 2.05) is 42.5 Å². The quantitative estimate of drug-likeness (QED) is 0.680. The van der Waals surface area contributed by atoms with Crippen molar-refractivity contribution in [1.29, 1.82) is 0 Å². The fourth-order valence-corrected chi connectivity index (χ4v) is 2.85. The van der Waals surface area contributed by atoms with E-state index in [0.717, 1.165) is 11.1 Å². The maximum Gasteiger partial charge on any atom is 0.232 e. The number of Topliss-reactive ketones (excluding diaryl/α,β-unsaturated/α-hetero) is 1. The van der Waals surface area contributed by atoms with Gasteiger partial charge in [0.1, 0.15) is 0 Å². The highest BCUT2D eigenvalue weighted by Gasteiger charge is 2.21. The summed E-state index contributed by atoms with van der Waals surface area (Å²) >= 11 is 0. The van der Waals surface area contributed by atoms with Crippen LogP contribution in [0.15, 0.2) is 79.1 Å². The van der Waals surface area contributed by atoms with E-state index in [9.17, 15) is 9.59 Å². The Labute approximate surface area is 152 Å². The number of carbonyl (C=O) groups excluding carboxylic acids is 2. The molecule has 0 bridgehead atoms. The summed E-state index contributed by atoms with van der Waals surface area (Å²) in [6.07, 6.45) is 4.05. The van der Waals surface area contributed by atoms with Crippen LogP contribution in [0.1, 0.15) is 34.3 Å². The van der Waals surface area contributed by atoms with Crippen molar-refractivity contribution in [3.05, 3.63) is 95.8 Å². The molecule has 3 aromatic rings. The zero-order valence-electron chi connectivity index (χ0n) is 14.6. The molecule has 1 atom stereocenters. The highest BCUT2D eigenvalue weighted by Crippen LogP contribution is 2.23. The number of aromatic nitrogens is 1. The van der Waals surface area contributed by atoms with Crippen LogP contribution in [-0.2, 0) is 11.2 Å². The highest BCUT2D eigenvalue weighted by atomic mass is 16.2. The summed E-state index contributed by atoms with van der Waals surface area (Å²) in [6.45, 7) is 1.51. The summed E-state index contributed by atoms with van der Waals surface area (Å²) in [5.74, 6) is -0.488. The molecule has 0 radical (unpaired) electrons. The van der Waals surface area contributed by atoms with Gasteiger partial charge in [-0.2, -0.15) is 0 Å². The number of rotatable bonds is 6. The van der Waals surface area contributed by atoms with Crippen molar-refractivity contribution in [2.45, 2.75) is 19.3 Å². The van der Waals surface area contributed by atoms with Crippen LogP contribution in [0, 0.1) is 0 Å². The fraction of sp³-hybridized carbons (Fsp3) is 0.136. The zero-order chi connectivity index (χ0) is 18.4. The minimum absolute atomic E-state index is 0.0314. The van der Waals surface area contributed by atoms with Crippen LogP contribution in [0.3, 0.4) is 0 Å². The number of anilines is 1. The van der Waals surface area contributed by atoms with Gasteiger partial charge in [-0.3, -0.25) is 14.6 Å². The lowest BCUT2D eigenvalue weighted by Gasteiger charge is -2.17. The number of carbonyl (C=O) groups is 2. The first-order valence-corrected chi connectivity index (χ1v) is 8.49. The minimum atomic E-state index is -0.346. The first-order chi connectivity index (χ1) is 12.6. The van der Waals surface area contributed by atoms with Crippen LogP contribution in [0.2, 0.25) is 0 Å². The number of nitrogens with one attached hydrogen (secondary N) is 1. The molecule has 2 aromatic carbocycles. The van der Waals surface area contributed by atoms with Gasteiger partial charge in [0.05, 0.1) is 5.92 Å². The van der Waals surface area contributed by atoms with Crippen LogP contribution < -0.4 is 5.32 Å². The largest absolute Gasteiger partial charge is 0.326 e. The zero-order valence-corrected chi connectivity index (χ0v) is 14.6. The van der Waals surface area contributed by atoms with E-state index in [4.69, 9.17) is 0 Å². The van der Waals surface area contributed by atoms with Crippen LogP contribution in [0.25, 0.3) is 0 Å². The van der Waals surface area contributed by atoms with Crippen molar-refractivity contribution in [3.63, 3.8) is 0 Å². The van der Waals surface area contributed by atoms with Gasteiger partial charge in [-0.15, -0.1) is 0 Å². The lowest BCUT2D eigenvalue weighted by atomic mass is 9.91. The average Bonchev–Trinajstić information content (AvgIpc) is 2.67. The second kappa shape index (κ2) is 8.21. The Hall–Kier alpha value is -3.27. The molecule has 1 N–H and O–H groups in total. The molecule has 130 valence electrons. The van der Waals surface area contributed by atoms with Gasteiger partial charge in [0.2, 0.25) is 5.91 Å². The summed E-state index contributed by atoms with van der Waals surface area (Å²) in [5.41, 5.74) is 3.13. The first-order valence-electron chi connectivity index (χ1n) is 8.49. The van der Waals surface area contributed by atoms with Crippen LogP contribution in [-0.4, -0.2) is 16.7 Å². The van der Waals surface area contributed by atoms with Crippen LogP contribution in [0.4, 0.5) is 5.69 Å². The standard InChI is InChI=1S/C22H20N2O2/c1-16(25)19-10-5-11-20(14-19)24-22(26)21(18-8-3-2-4-9-18)13-17-7-6-12-23-15-17/h2-12,14-15,21H,13H2,1H3,(H,24,26). The number of ketones is 1. The lowest BCUT2D eigenvalue weighted by Crippen LogP contribution is -2.23. The molecule has 0 fully saturated rings. The normalized spacial score (nSPS) is 11.6. The third-order valence-electron chi connectivity index (χ3n) is 4.22. The van der Waals surface area contributed by atoms with E-state index >= 15 is 0 Å². The van der Waals surface area contributed by atoms with Crippen molar-refractivity contribution < 1.29 is 9.59 Å². The topological polar surface area (TPSA) is 59.1 Å². The molecule has 3 rings (SSSR count). The molecule has 0 saturated heterocycles. The smallest absolute Gasteiger partial charge is 0.232 e. The van der Waals surface area contributed by atoms with Gasteiger partial charge in [0.15, 0.2) is 5.78 Å². The van der Waals surface area contributed by atoms with Crippen LogP contribution in [0.5, 0.6) is 0 Å². The molecule has 4 heteroatoms. The van der Waals surface area contributed by atoms with Crippen molar-refractivity contribution >= 4 is 17.4 Å². The molecule has 0 aliphatic heterocycles. The molecule has 0 aliphatic rings. The molecule has 0 saturated carbocycles. The van der Waals surface area contributed by atoms with E-state index < -0.39 is 0 Å². The average molecular weight is 344 g/mol. The molecule has 1 unspecified atom stereocenters. The summed E-state index contributed by atoms with van der Waals surface area (Å²) in [6, 6.07) is 20.5. The van der Waals surface area contributed by atoms with Gasteiger partial charge < -0.3 is 5.32 Å². The number of hydrogen-bond acceptors (Lipinski definition) is 3. The monoisotopic (exact) mass is 344 g/mol. The van der Waals surface area contributed by atoms with Gasteiger partial charge >= 0.3 is 0 Å². The molecule has 1 aromatic heterocycles. The maximum absolute atomic E-state index is 13.0. The Bertz CT molecular complexity index is 892. The lowest BCUT2D eigenvalue weighted by molar-refractivity contribution is -0.117. The van der Waals surface area contributed by atoms with E-state index in [1.165, 1.54) is 6.92 Å². The van der Waals surface area contributed by atoms with E-state index in [2.05, 4.69) is 10.3 Å². The summed E-state index contributed by atoms with van der Waals surface area (Å²) < 4.78 is 0. The Balaban J connectivity index is 1.85. The Kier molecular flexibility index (Phi) is 5.54. The fourth-order valence-electron chi connectivity index (χ4n) is 2.85. The van der Waals surface area contributed by atoms with Gasteiger partial charge in [0, 0.05) is 23.6 Å². The molecule has 26 heavy (non-hydrogen) atoms. The molecule has 1 heterocycles. The number of hydrogen-bond donors (Lipinski definition) is 1. The summed E-state index contributed by atoms with van der Waals surface area (Å²) in [5, 5.41) is 2.94. The van der Waals surface area contributed by atoms with E-state index in [0.29, 0.717) is 17.7 Å². The Morgan fingerprint density at radius 2 is 1.81 bits per heavy atom. The third kappa shape index (κ3) is 4.42. The van der Waals surface area contributed by atoms with Crippen molar-refractivity contribution in [3.8, 4) is 0 Å². The molecular weight excluding hydrogens is 324 g/mol. The van der Waals surface area contributed by atoms with Crippen molar-refractivity contribution in [2.24, 2.45) is 0 Å². The van der Waals surface area contributed by atoms with Crippen molar-refractivity contribution in [2.75, 3.05) is 5.32 Å². The predicted octanol–water partition coefficient (Wildman–Crippen LogP) is 4.25. The van der Waals surface area contributed by atoms with Gasteiger partial charge in [-0.1, -0.05) is 48.5 Å². The van der Waals surface area contributed by atoms with Gasteiger partial charge in [-0.25, -0.2) is 0 Å². The second-order valence-electron chi connectivity index (χ2n) is 6.15. The summed E-state index contributed by atoms with van der Waals surface area (Å²) in [7, 11) is 0. The van der Waals surface area contributed by atoms with Crippen molar-refractivity contribution in [1.82, 2.24) is 4.98 Å². The third-order valence-corrected chi connectivity index (χ3v) is 4.22. The SMILES string of the molecule is CC(=O)c1cccc(NC(=O)C(Cc2cccnc2)c2ccccc2)c1. The Morgan fingerprint density at radius 1 is 1.00 bits per heavy atom. The number of nitrogens with zero attached hydrogens (tertiary/aromatic N) is 1. The van der Waals surface area contributed by atoms with Crippen LogP contribution >= 0.6 is 0 Å². The molecule has 1 amide bonds. The highest BCUT2D eigenvalue weighted by molar-refractivity contribution is 5.99. The Morgan fingerprint density at radius 3 is 2.50 bits per heavy atom. The summed E-state index contributed by atoms with van der Waals surface area (Å²) in [4.78, 5) is 28.7. The molecule has 0 spiro atoms. The van der Waals surface area contributed by atoms with E-state index in [-0.39, 0.29) is 17.6 Å². The molecule has 0 aliphatic carbocycles. The first kappa shape index (κ1) is 17.5. The number of amides is 1. The number of pyridine rings is 1. The predicted molar refractivity (Wildman–Crippen MR) is 102 cm³/mol. The molecule has 4 nitrogen and oxygen atoms in total. The van der Waals surface area contributed by atoms with Gasteiger partial charge in [-0.05, 0) is 42.7 Å². The van der Waals surface area contributed by atoms with E-state index in [1.54, 1.807) is 36.7 Å². The second-order valence-corrected chi connectivity index (χ2v) is 6.15. The molecular formula is C22H20N2O2. The maximum atomic E-state index is 13.0. The minimum Gasteiger partial charge on any atom is -0.326 e.